The van der Waals surface area contributed by atoms with Gasteiger partial charge in [-0.25, -0.2) is 0 Å². The number of rotatable bonds is 3. The summed E-state index contributed by atoms with van der Waals surface area (Å²) in [4.78, 5) is 14.1. The molecule has 1 saturated heterocycles. The van der Waals surface area contributed by atoms with Gasteiger partial charge in [0.25, 0.3) is 5.91 Å². The number of benzene rings is 2. The fourth-order valence-corrected chi connectivity index (χ4v) is 3.24. The number of aliphatic hydroxyl groups is 1. The normalized spacial score (nSPS) is 16.8. The second kappa shape index (κ2) is 6.93. The van der Waals surface area contributed by atoms with Gasteiger partial charge in [0, 0.05) is 19.2 Å². The molecule has 126 valence electrons. The molecule has 1 aliphatic rings. The van der Waals surface area contributed by atoms with Crippen molar-refractivity contribution in [3.05, 3.63) is 59.7 Å². The number of phenolic OH excluding ortho intramolecular Hbond substituents is 2. The van der Waals surface area contributed by atoms with E-state index in [4.69, 9.17) is 0 Å². The summed E-state index contributed by atoms with van der Waals surface area (Å²) in [7, 11) is 0. The summed E-state index contributed by atoms with van der Waals surface area (Å²) >= 11 is 0. The van der Waals surface area contributed by atoms with Gasteiger partial charge in [0.05, 0.1) is 0 Å². The fraction of sp³-hybridized carbons (Fsp3) is 0.316. The van der Waals surface area contributed by atoms with E-state index in [1.807, 2.05) is 6.07 Å². The smallest absolute Gasteiger partial charge is 0.256 e. The Balaban J connectivity index is 1.63. The highest BCUT2D eigenvalue weighted by Crippen LogP contribution is 2.35. The molecule has 1 fully saturated rings. The number of likely N-dealkylation sites (tertiary alicyclic amines) is 1. The van der Waals surface area contributed by atoms with Crippen LogP contribution in [0.5, 0.6) is 11.5 Å². The number of nitrogens with zero attached hydrogens (tertiary/aromatic N) is 1. The molecule has 1 amide bonds. The molecule has 1 heterocycles. The van der Waals surface area contributed by atoms with Gasteiger partial charge in [-0.1, -0.05) is 36.4 Å². The Labute approximate surface area is 140 Å². The quantitative estimate of drug-likeness (QED) is 0.809. The lowest BCUT2D eigenvalue weighted by atomic mass is 9.88. The first-order chi connectivity index (χ1) is 11.6. The Bertz CT molecular complexity index is 709. The molecule has 3 N–H and O–H groups in total. The summed E-state index contributed by atoms with van der Waals surface area (Å²) in [5.74, 6) is -0.0166. The molecule has 2 aromatic carbocycles. The predicted molar refractivity (Wildman–Crippen MR) is 89.7 cm³/mol. The molecule has 0 radical (unpaired) electrons. The molecule has 1 aliphatic heterocycles. The first-order valence-electron chi connectivity index (χ1n) is 8.10. The van der Waals surface area contributed by atoms with Crippen LogP contribution in [-0.2, 0) is 4.79 Å². The van der Waals surface area contributed by atoms with Crippen molar-refractivity contribution in [2.45, 2.75) is 24.9 Å². The molecule has 24 heavy (non-hydrogen) atoms. The van der Waals surface area contributed by atoms with E-state index in [9.17, 15) is 20.1 Å². The maximum absolute atomic E-state index is 12.4. The number of phenols is 2. The van der Waals surface area contributed by atoms with Crippen molar-refractivity contribution >= 4 is 5.91 Å². The van der Waals surface area contributed by atoms with Crippen LogP contribution < -0.4 is 0 Å². The summed E-state index contributed by atoms with van der Waals surface area (Å²) in [6, 6.07) is 13.5. The number of piperidine rings is 1. The summed E-state index contributed by atoms with van der Waals surface area (Å²) < 4.78 is 0. The second-order valence-electron chi connectivity index (χ2n) is 6.16. The molecule has 0 unspecified atom stereocenters. The van der Waals surface area contributed by atoms with E-state index in [1.54, 1.807) is 41.3 Å². The molecule has 5 nitrogen and oxygen atoms in total. The van der Waals surface area contributed by atoms with Crippen LogP contribution in [0.2, 0.25) is 0 Å². The largest absolute Gasteiger partial charge is 0.508 e. The molecular formula is C19H21NO4. The Kier molecular flexibility index (Phi) is 4.71. The minimum Gasteiger partial charge on any atom is -0.508 e. The molecule has 0 spiro atoms. The van der Waals surface area contributed by atoms with Crippen LogP contribution in [0, 0.1) is 0 Å². The SMILES string of the molecule is O=C([C@H](O)c1ccccc1)N1CCC(c2ccc(O)cc2O)CC1. The number of carbonyl (C=O) groups excluding carboxylic acids is 1. The van der Waals surface area contributed by atoms with Gasteiger partial charge in [0.1, 0.15) is 11.5 Å². The summed E-state index contributed by atoms with van der Waals surface area (Å²) in [5, 5.41) is 29.6. The Hall–Kier alpha value is -2.53. The minimum absolute atomic E-state index is 0.0369. The summed E-state index contributed by atoms with van der Waals surface area (Å²) in [6.07, 6.45) is 0.293. The third-order valence-corrected chi connectivity index (χ3v) is 4.61. The van der Waals surface area contributed by atoms with Crippen LogP contribution in [0.3, 0.4) is 0 Å². The van der Waals surface area contributed by atoms with E-state index in [0.717, 1.165) is 5.56 Å². The lowest BCUT2D eigenvalue weighted by molar-refractivity contribution is -0.141. The molecule has 2 aromatic rings. The van der Waals surface area contributed by atoms with Crippen LogP contribution in [0.25, 0.3) is 0 Å². The van der Waals surface area contributed by atoms with E-state index in [1.165, 1.54) is 6.07 Å². The van der Waals surface area contributed by atoms with Gasteiger partial charge in [0.15, 0.2) is 6.10 Å². The minimum atomic E-state index is -1.13. The van der Waals surface area contributed by atoms with E-state index < -0.39 is 6.10 Å². The molecule has 0 bridgehead atoms. The molecule has 5 heteroatoms. The highest BCUT2D eigenvalue weighted by Gasteiger charge is 2.29. The number of carbonyl (C=O) groups is 1. The van der Waals surface area contributed by atoms with Crippen molar-refractivity contribution in [3.8, 4) is 11.5 Å². The number of hydrogen-bond acceptors (Lipinski definition) is 4. The third kappa shape index (κ3) is 3.36. The highest BCUT2D eigenvalue weighted by atomic mass is 16.3. The van der Waals surface area contributed by atoms with Crippen molar-refractivity contribution in [3.63, 3.8) is 0 Å². The molecule has 1 atom stereocenters. The lowest BCUT2D eigenvalue weighted by Crippen LogP contribution is -2.40. The zero-order valence-corrected chi connectivity index (χ0v) is 13.3. The van der Waals surface area contributed by atoms with Crippen LogP contribution >= 0.6 is 0 Å². The Morgan fingerprint density at radius 2 is 1.71 bits per heavy atom. The van der Waals surface area contributed by atoms with E-state index in [0.29, 0.717) is 31.5 Å². The molecule has 3 rings (SSSR count). The van der Waals surface area contributed by atoms with Gasteiger partial charge in [-0.2, -0.15) is 0 Å². The zero-order valence-electron chi connectivity index (χ0n) is 13.3. The van der Waals surface area contributed by atoms with Crippen LogP contribution in [0.4, 0.5) is 0 Å². The van der Waals surface area contributed by atoms with E-state index in [2.05, 4.69) is 0 Å². The van der Waals surface area contributed by atoms with Gasteiger partial charge in [0.2, 0.25) is 0 Å². The van der Waals surface area contributed by atoms with Gasteiger partial charge < -0.3 is 20.2 Å². The monoisotopic (exact) mass is 327 g/mol. The average Bonchev–Trinajstić information content (AvgIpc) is 2.61. The van der Waals surface area contributed by atoms with Crippen molar-refractivity contribution in [2.24, 2.45) is 0 Å². The summed E-state index contributed by atoms with van der Waals surface area (Å²) in [5.41, 5.74) is 1.39. The first-order valence-corrected chi connectivity index (χ1v) is 8.10. The Morgan fingerprint density at radius 3 is 2.33 bits per heavy atom. The fourth-order valence-electron chi connectivity index (χ4n) is 3.24. The summed E-state index contributed by atoms with van der Waals surface area (Å²) in [6.45, 7) is 1.07. The molecule has 0 aliphatic carbocycles. The van der Waals surface area contributed by atoms with Gasteiger partial charge in [-0.15, -0.1) is 0 Å². The van der Waals surface area contributed by atoms with Crippen LogP contribution in [0.15, 0.2) is 48.5 Å². The van der Waals surface area contributed by atoms with Gasteiger partial charge in [-0.3, -0.25) is 4.79 Å². The van der Waals surface area contributed by atoms with E-state index >= 15 is 0 Å². The average molecular weight is 327 g/mol. The van der Waals surface area contributed by atoms with Crippen molar-refractivity contribution in [1.29, 1.82) is 0 Å². The molecular weight excluding hydrogens is 306 g/mol. The first kappa shape index (κ1) is 16.3. The topological polar surface area (TPSA) is 81.0 Å². The van der Waals surface area contributed by atoms with Crippen LogP contribution in [0.1, 0.15) is 36.0 Å². The maximum atomic E-state index is 12.4. The number of aromatic hydroxyl groups is 2. The Morgan fingerprint density at radius 1 is 1.04 bits per heavy atom. The number of amides is 1. The van der Waals surface area contributed by atoms with E-state index in [-0.39, 0.29) is 23.3 Å². The van der Waals surface area contributed by atoms with Crippen LogP contribution in [-0.4, -0.2) is 39.2 Å². The molecule has 0 aromatic heterocycles. The lowest BCUT2D eigenvalue weighted by Gasteiger charge is -2.33. The molecule has 0 saturated carbocycles. The highest BCUT2D eigenvalue weighted by molar-refractivity contribution is 5.82. The van der Waals surface area contributed by atoms with Crippen molar-refractivity contribution < 1.29 is 20.1 Å². The van der Waals surface area contributed by atoms with Crippen molar-refractivity contribution in [2.75, 3.05) is 13.1 Å². The standard InChI is InChI=1S/C19H21NO4/c21-15-6-7-16(17(22)12-15)13-8-10-20(11-9-13)19(24)18(23)14-4-2-1-3-5-14/h1-7,12-13,18,21-23H,8-11H2/t18-/m1/s1. The van der Waals surface area contributed by atoms with Gasteiger partial charge >= 0.3 is 0 Å². The second-order valence-corrected chi connectivity index (χ2v) is 6.16. The zero-order chi connectivity index (χ0) is 17.1. The third-order valence-electron chi connectivity index (χ3n) is 4.61. The van der Waals surface area contributed by atoms with Gasteiger partial charge in [-0.05, 0) is 36.0 Å². The maximum Gasteiger partial charge on any atom is 0.256 e. The number of aliphatic hydroxyl groups excluding tert-OH is 1. The van der Waals surface area contributed by atoms with Crippen molar-refractivity contribution in [1.82, 2.24) is 4.90 Å². The number of hydrogen-bond donors (Lipinski definition) is 3. The predicted octanol–water partition coefficient (Wildman–Crippen LogP) is 2.54.